The summed E-state index contributed by atoms with van der Waals surface area (Å²) in [6.45, 7) is 0.138. The van der Waals surface area contributed by atoms with Crippen molar-refractivity contribution in [2.45, 2.75) is 12.6 Å². The summed E-state index contributed by atoms with van der Waals surface area (Å²) in [6.07, 6.45) is -3.91. The van der Waals surface area contributed by atoms with Gasteiger partial charge in [-0.15, -0.1) is 0 Å². The summed E-state index contributed by atoms with van der Waals surface area (Å²) in [6, 6.07) is 9.74. The summed E-state index contributed by atoms with van der Waals surface area (Å²) in [5.74, 6) is -5.35. The van der Waals surface area contributed by atoms with Gasteiger partial charge in [0.25, 0.3) is 0 Å². The number of nitrogens with one attached hydrogen (secondary N) is 1. The molecule has 1 amide bonds. The van der Waals surface area contributed by atoms with Gasteiger partial charge < -0.3 is 15.3 Å². The van der Waals surface area contributed by atoms with Gasteiger partial charge in [-0.05, 0) is 18.6 Å². The van der Waals surface area contributed by atoms with Gasteiger partial charge in [-0.1, -0.05) is 18.2 Å². The van der Waals surface area contributed by atoms with Crippen LogP contribution in [0.25, 0.3) is 0 Å². The minimum atomic E-state index is -4.59. The predicted octanol–water partition coefficient (Wildman–Crippen LogP) is 1.82. The summed E-state index contributed by atoms with van der Waals surface area (Å²) < 4.78 is 38.9. The average Bonchev–Trinajstić information content (AvgIpc) is 3.04. The van der Waals surface area contributed by atoms with Crippen LogP contribution < -0.4 is 10.2 Å². The molecule has 9 heteroatoms. The van der Waals surface area contributed by atoms with E-state index in [1.807, 2.05) is 42.3 Å². The van der Waals surface area contributed by atoms with Crippen LogP contribution in [0.3, 0.4) is 0 Å². The largest absolute Gasteiger partial charge is 0.481 e. The highest BCUT2D eigenvalue weighted by Gasteiger charge is 2.52. The third-order valence-corrected chi connectivity index (χ3v) is 4.69. The highest BCUT2D eigenvalue weighted by molar-refractivity contribution is 5.78. The Balaban J connectivity index is 1.72. The van der Waals surface area contributed by atoms with Gasteiger partial charge in [0.05, 0.1) is 18.4 Å². The third kappa shape index (κ3) is 6.13. The first-order valence-electron chi connectivity index (χ1n) is 8.73. The fourth-order valence-electron chi connectivity index (χ4n) is 3.21. The van der Waals surface area contributed by atoms with E-state index in [0.717, 1.165) is 5.69 Å². The lowest BCUT2D eigenvalue weighted by atomic mass is 9.96. The van der Waals surface area contributed by atoms with Gasteiger partial charge in [0, 0.05) is 38.9 Å². The number of rotatable bonds is 8. The van der Waals surface area contributed by atoms with Crippen LogP contribution in [0.2, 0.25) is 0 Å². The number of hydrogen-bond donors (Lipinski definition) is 2. The summed E-state index contributed by atoms with van der Waals surface area (Å²) in [7, 11) is 1.94. The molecule has 150 valence electrons. The van der Waals surface area contributed by atoms with Gasteiger partial charge in [-0.25, -0.2) is 0 Å². The molecule has 1 heterocycles. The first-order valence-corrected chi connectivity index (χ1v) is 8.73. The molecule has 0 spiro atoms. The lowest BCUT2D eigenvalue weighted by Crippen LogP contribution is -2.38. The molecular formula is C18H24F3N3O3. The number of nitrogens with zero attached hydrogens (tertiary/aromatic N) is 2. The number of benzene rings is 1. The van der Waals surface area contributed by atoms with Crippen LogP contribution >= 0.6 is 0 Å². The molecule has 0 saturated carbocycles. The number of likely N-dealkylation sites (tertiary alicyclic amines) is 1. The highest BCUT2D eigenvalue weighted by atomic mass is 19.4. The first kappa shape index (κ1) is 21.0. The van der Waals surface area contributed by atoms with E-state index in [9.17, 15) is 22.8 Å². The van der Waals surface area contributed by atoms with E-state index in [4.69, 9.17) is 5.11 Å². The van der Waals surface area contributed by atoms with E-state index in [-0.39, 0.29) is 13.1 Å². The molecular weight excluding hydrogens is 363 g/mol. The second kappa shape index (κ2) is 9.07. The van der Waals surface area contributed by atoms with Crippen LogP contribution in [0, 0.1) is 11.8 Å². The van der Waals surface area contributed by atoms with Crippen molar-refractivity contribution in [2.24, 2.45) is 11.8 Å². The Hall–Kier alpha value is -2.29. The molecule has 1 aromatic carbocycles. The lowest BCUT2D eigenvalue weighted by molar-refractivity contribution is -0.188. The second-order valence-corrected chi connectivity index (χ2v) is 6.75. The molecule has 2 rings (SSSR count). The quantitative estimate of drug-likeness (QED) is 0.666. The molecule has 0 radical (unpaired) electrons. The number of alkyl halides is 3. The number of hydrogen-bond acceptors (Lipinski definition) is 4. The van der Waals surface area contributed by atoms with Gasteiger partial charge in [-0.3, -0.25) is 14.5 Å². The van der Waals surface area contributed by atoms with Crippen molar-refractivity contribution in [2.75, 3.05) is 44.7 Å². The average molecular weight is 387 g/mol. The van der Waals surface area contributed by atoms with Gasteiger partial charge in [0.15, 0.2) is 0 Å². The maximum atomic E-state index is 13.0. The minimum absolute atomic E-state index is 0.231. The van der Waals surface area contributed by atoms with Crippen LogP contribution in [0.4, 0.5) is 18.9 Å². The number of aliphatic carboxylic acids is 1. The molecule has 0 aliphatic carbocycles. The fraction of sp³-hybridized carbons (Fsp3) is 0.556. The molecule has 6 nitrogen and oxygen atoms in total. The minimum Gasteiger partial charge on any atom is -0.481 e. The van der Waals surface area contributed by atoms with Crippen molar-refractivity contribution in [1.82, 2.24) is 10.2 Å². The Morgan fingerprint density at radius 1 is 1.26 bits per heavy atom. The van der Waals surface area contributed by atoms with Gasteiger partial charge in [0.2, 0.25) is 5.91 Å². The van der Waals surface area contributed by atoms with Gasteiger partial charge >= 0.3 is 12.1 Å². The molecule has 27 heavy (non-hydrogen) atoms. The normalized spacial score (nSPS) is 20.4. The number of carbonyl (C=O) groups is 2. The number of carbonyl (C=O) groups excluding carboxylic acids is 1. The molecule has 1 aliphatic heterocycles. The Bertz CT molecular complexity index is 640. The fourth-order valence-corrected chi connectivity index (χ4v) is 3.21. The molecule has 0 bridgehead atoms. The number of amides is 1. The molecule has 0 unspecified atom stereocenters. The summed E-state index contributed by atoms with van der Waals surface area (Å²) in [4.78, 5) is 26.3. The molecule has 2 atom stereocenters. The highest BCUT2D eigenvalue weighted by Crippen LogP contribution is 2.37. The van der Waals surface area contributed by atoms with E-state index in [2.05, 4.69) is 5.32 Å². The lowest BCUT2D eigenvalue weighted by Gasteiger charge is -2.20. The molecule has 0 aromatic heterocycles. The molecule has 1 fully saturated rings. The van der Waals surface area contributed by atoms with E-state index in [1.165, 1.54) is 4.90 Å². The maximum absolute atomic E-state index is 13.0. The van der Waals surface area contributed by atoms with Crippen molar-refractivity contribution in [1.29, 1.82) is 0 Å². The smallest absolute Gasteiger partial charge is 0.393 e. The SMILES string of the molecule is CN(CCCNC(=O)CN1C[C@@H](C(F)(F)F)[C@H](C(=O)O)C1)c1ccccc1. The molecule has 1 saturated heterocycles. The predicted molar refractivity (Wildman–Crippen MR) is 94.4 cm³/mol. The van der Waals surface area contributed by atoms with Crippen LogP contribution in [-0.4, -0.2) is 67.8 Å². The van der Waals surface area contributed by atoms with E-state index >= 15 is 0 Å². The van der Waals surface area contributed by atoms with Crippen LogP contribution in [0.5, 0.6) is 0 Å². The third-order valence-electron chi connectivity index (χ3n) is 4.69. The number of anilines is 1. The van der Waals surface area contributed by atoms with E-state index < -0.39 is 36.4 Å². The Morgan fingerprint density at radius 2 is 1.93 bits per heavy atom. The van der Waals surface area contributed by atoms with Crippen molar-refractivity contribution >= 4 is 17.6 Å². The summed E-state index contributed by atoms with van der Waals surface area (Å²) >= 11 is 0. The molecule has 2 N–H and O–H groups in total. The number of carboxylic acid groups (broad SMARTS) is 1. The molecule has 1 aliphatic rings. The van der Waals surface area contributed by atoms with Crippen LogP contribution in [0.1, 0.15) is 6.42 Å². The number of para-hydroxylation sites is 1. The van der Waals surface area contributed by atoms with Crippen molar-refractivity contribution in [3.05, 3.63) is 30.3 Å². The van der Waals surface area contributed by atoms with Gasteiger partial charge in [0.1, 0.15) is 0 Å². The van der Waals surface area contributed by atoms with Gasteiger partial charge in [-0.2, -0.15) is 13.2 Å². The van der Waals surface area contributed by atoms with Crippen LogP contribution in [0.15, 0.2) is 30.3 Å². The van der Waals surface area contributed by atoms with Crippen LogP contribution in [-0.2, 0) is 9.59 Å². The number of carboxylic acids is 1. The Labute approximate surface area is 155 Å². The number of halogens is 3. The van der Waals surface area contributed by atoms with E-state index in [0.29, 0.717) is 19.5 Å². The Kier molecular flexibility index (Phi) is 7.06. The first-order chi connectivity index (χ1) is 12.7. The van der Waals surface area contributed by atoms with Crippen molar-refractivity contribution in [3.8, 4) is 0 Å². The summed E-state index contributed by atoms with van der Waals surface area (Å²) in [5, 5.41) is 11.7. The molecule has 1 aromatic rings. The monoisotopic (exact) mass is 387 g/mol. The van der Waals surface area contributed by atoms with Crippen molar-refractivity contribution in [3.63, 3.8) is 0 Å². The topological polar surface area (TPSA) is 72.9 Å². The maximum Gasteiger partial charge on any atom is 0.393 e. The zero-order chi connectivity index (χ0) is 20.0. The summed E-state index contributed by atoms with van der Waals surface area (Å²) in [5.41, 5.74) is 1.05. The zero-order valence-corrected chi connectivity index (χ0v) is 15.1. The van der Waals surface area contributed by atoms with E-state index in [1.54, 1.807) is 0 Å². The second-order valence-electron chi connectivity index (χ2n) is 6.75. The Morgan fingerprint density at radius 3 is 2.48 bits per heavy atom. The zero-order valence-electron chi connectivity index (χ0n) is 15.1. The van der Waals surface area contributed by atoms with Crippen molar-refractivity contribution < 1.29 is 27.9 Å². The standard InChI is InChI=1S/C18H24F3N3O3/c1-23(13-6-3-2-4-7-13)9-5-8-22-16(25)12-24-10-14(17(26)27)15(11-24)18(19,20)21/h2-4,6-7,14-15H,5,8-12H2,1H3,(H,22,25)(H,26,27)/t14-,15-/m1/s1.